The first-order valence-corrected chi connectivity index (χ1v) is 12.4. The standard InChI is InChI=1S/C27H32N6O2/c1-19-12-20(2)17-32(16-19)10-5-9-29-27(34)23-13-25(21-6-3-8-28-14-21)31-26-24(23)15-30-33(26)18-22-7-4-11-35-22/h3-4,6-8,11,13-15,19-20H,5,9-10,12,16-18H2,1-2H3,(H,29,34). The molecular formula is C27H32N6O2. The highest BCUT2D eigenvalue weighted by atomic mass is 16.3. The number of pyridine rings is 2. The molecule has 2 unspecified atom stereocenters. The lowest BCUT2D eigenvalue weighted by atomic mass is 9.92. The van der Waals surface area contributed by atoms with Gasteiger partial charge in [-0.2, -0.15) is 5.10 Å². The molecule has 1 amide bonds. The van der Waals surface area contributed by atoms with Crippen LogP contribution in [0.2, 0.25) is 0 Å². The summed E-state index contributed by atoms with van der Waals surface area (Å²) < 4.78 is 7.26. The van der Waals surface area contributed by atoms with Crippen molar-refractivity contribution in [3.05, 3.63) is 66.5 Å². The lowest BCUT2D eigenvalue weighted by Gasteiger charge is -2.34. The maximum Gasteiger partial charge on any atom is 0.252 e. The van der Waals surface area contributed by atoms with Crippen LogP contribution in [-0.2, 0) is 6.54 Å². The fraction of sp³-hybridized carbons (Fsp3) is 0.407. The van der Waals surface area contributed by atoms with Crippen LogP contribution in [0.25, 0.3) is 22.3 Å². The third-order valence-electron chi connectivity index (χ3n) is 6.58. The summed E-state index contributed by atoms with van der Waals surface area (Å²) in [5.41, 5.74) is 2.75. The van der Waals surface area contributed by atoms with Crippen LogP contribution in [0, 0.1) is 11.8 Å². The molecule has 8 heteroatoms. The molecule has 5 heterocycles. The van der Waals surface area contributed by atoms with Crippen LogP contribution in [0.4, 0.5) is 0 Å². The highest BCUT2D eigenvalue weighted by Crippen LogP contribution is 2.25. The molecule has 1 N–H and O–H groups in total. The Morgan fingerprint density at radius 1 is 1.17 bits per heavy atom. The molecule has 8 nitrogen and oxygen atoms in total. The number of amides is 1. The van der Waals surface area contributed by atoms with E-state index in [1.165, 1.54) is 6.42 Å². The summed E-state index contributed by atoms with van der Waals surface area (Å²) in [7, 11) is 0. The van der Waals surface area contributed by atoms with E-state index < -0.39 is 0 Å². The molecular weight excluding hydrogens is 440 g/mol. The molecule has 4 aromatic rings. The van der Waals surface area contributed by atoms with E-state index >= 15 is 0 Å². The molecule has 2 atom stereocenters. The number of nitrogens with one attached hydrogen (secondary N) is 1. The Kier molecular flexibility index (Phi) is 6.90. The Labute approximate surface area is 205 Å². The van der Waals surface area contributed by atoms with E-state index in [2.05, 4.69) is 34.1 Å². The SMILES string of the molecule is CC1CC(C)CN(CCCNC(=O)c2cc(-c3cccnc3)nc3c2cnn3Cc2ccco2)C1. The lowest BCUT2D eigenvalue weighted by Crippen LogP contribution is -2.40. The normalized spacial score (nSPS) is 18.7. The Bertz CT molecular complexity index is 1260. The average Bonchev–Trinajstić information content (AvgIpc) is 3.52. The second-order valence-electron chi connectivity index (χ2n) is 9.73. The molecule has 1 aliphatic heterocycles. The van der Waals surface area contributed by atoms with Gasteiger partial charge in [0.05, 0.1) is 29.1 Å². The number of rotatable bonds is 8. The van der Waals surface area contributed by atoms with E-state index in [1.807, 2.05) is 30.3 Å². The summed E-state index contributed by atoms with van der Waals surface area (Å²) in [5, 5.41) is 8.36. The topological polar surface area (TPSA) is 89.1 Å². The Morgan fingerprint density at radius 3 is 2.77 bits per heavy atom. The molecule has 5 rings (SSSR count). The van der Waals surface area contributed by atoms with E-state index in [4.69, 9.17) is 9.40 Å². The van der Waals surface area contributed by atoms with Crippen LogP contribution < -0.4 is 5.32 Å². The smallest absolute Gasteiger partial charge is 0.252 e. The fourth-order valence-corrected chi connectivity index (χ4v) is 5.14. The van der Waals surface area contributed by atoms with E-state index in [1.54, 1.807) is 29.5 Å². The van der Waals surface area contributed by atoms with Gasteiger partial charge in [0, 0.05) is 37.6 Å². The number of hydrogen-bond donors (Lipinski definition) is 1. The van der Waals surface area contributed by atoms with Gasteiger partial charge < -0.3 is 14.6 Å². The van der Waals surface area contributed by atoms with Gasteiger partial charge in [0.1, 0.15) is 12.3 Å². The molecule has 0 bridgehead atoms. The molecule has 182 valence electrons. The second-order valence-corrected chi connectivity index (χ2v) is 9.73. The predicted molar refractivity (Wildman–Crippen MR) is 135 cm³/mol. The Hall–Kier alpha value is -3.52. The quantitative estimate of drug-likeness (QED) is 0.386. The third kappa shape index (κ3) is 5.43. The van der Waals surface area contributed by atoms with Gasteiger partial charge in [0.2, 0.25) is 0 Å². The van der Waals surface area contributed by atoms with Gasteiger partial charge in [-0.15, -0.1) is 0 Å². The van der Waals surface area contributed by atoms with Crippen LogP contribution in [0.3, 0.4) is 0 Å². The maximum absolute atomic E-state index is 13.3. The van der Waals surface area contributed by atoms with Gasteiger partial charge in [-0.05, 0) is 61.6 Å². The van der Waals surface area contributed by atoms with Crippen LogP contribution >= 0.6 is 0 Å². The summed E-state index contributed by atoms with van der Waals surface area (Å²) in [5.74, 6) is 2.14. The van der Waals surface area contributed by atoms with Crippen LogP contribution in [0.5, 0.6) is 0 Å². The zero-order valence-corrected chi connectivity index (χ0v) is 20.4. The largest absolute Gasteiger partial charge is 0.467 e. The van der Waals surface area contributed by atoms with Crippen molar-refractivity contribution in [3.8, 4) is 11.3 Å². The monoisotopic (exact) mass is 472 g/mol. The fourth-order valence-electron chi connectivity index (χ4n) is 5.14. The highest BCUT2D eigenvalue weighted by molar-refractivity contribution is 6.06. The minimum Gasteiger partial charge on any atom is -0.467 e. The molecule has 1 fully saturated rings. The third-order valence-corrected chi connectivity index (χ3v) is 6.58. The number of carbonyl (C=O) groups excluding carboxylic acids is 1. The zero-order chi connectivity index (χ0) is 24.2. The number of nitrogens with zero attached hydrogens (tertiary/aromatic N) is 5. The predicted octanol–water partition coefficient (Wildman–Crippen LogP) is 4.23. The first-order valence-electron chi connectivity index (χ1n) is 12.4. The van der Waals surface area contributed by atoms with E-state index in [0.29, 0.717) is 30.0 Å². The number of aromatic nitrogens is 4. The van der Waals surface area contributed by atoms with Crippen molar-refractivity contribution in [3.63, 3.8) is 0 Å². The van der Waals surface area contributed by atoms with Crippen molar-refractivity contribution in [1.29, 1.82) is 0 Å². The number of piperidine rings is 1. The molecule has 1 saturated heterocycles. The molecule has 0 radical (unpaired) electrons. The number of carbonyl (C=O) groups is 1. The van der Waals surface area contributed by atoms with Gasteiger partial charge in [-0.25, -0.2) is 9.67 Å². The van der Waals surface area contributed by atoms with Crippen molar-refractivity contribution in [2.75, 3.05) is 26.2 Å². The summed E-state index contributed by atoms with van der Waals surface area (Å²) in [6, 6.07) is 9.39. The summed E-state index contributed by atoms with van der Waals surface area (Å²) in [4.78, 5) is 24.9. The lowest BCUT2D eigenvalue weighted by molar-refractivity contribution is 0.0949. The van der Waals surface area contributed by atoms with Gasteiger partial charge in [-0.3, -0.25) is 9.78 Å². The molecule has 35 heavy (non-hydrogen) atoms. The number of likely N-dealkylation sites (tertiary alicyclic amines) is 1. The number of furan rings is 1. The second kappa shape index (κ2) is 10.4. The summed E-state index contributed by atoms with van der Waals surface area (Å²) in [6.07, 6.45) is 9.05. The van der Waals surface area contributed by atoms with Crippen molar-refractivity contribution < 1.29 is 9.21 Å². The zero-order valence-electron chi connectivity index (χ0n) is 20.4. The van der Waals surface area contributed by atoms with Crippen molar-refractivity contribution in [2.45, 2.75) is 33.2 Å². The summed E-state index contributed by atoms with van der Waals surface area (Å²) >= 11 is 0. The maximum atomic E-state index is 13.3. The van der Waals surface area contributed by atoms with Crippen LogP contribution in [0.1, 0.15) is 42.8 Å². The highest BCUT2D eigenvalue weighted by Gasteiger charge is 2.22. The number of hydrogen-bond acceptors (Lipinski definition) is 6. The average molecular weight is 473 g/mol. The first-order chi connectivity index (χ1) is 17.1. The molecule has 0 saturated carbocycles. The molecule has 0 aliphatic carbocycles. The van der Waals surface area contributed by atoms with Crippen LogP contribution in [-0.4, -0.2) is 56.7 Å². The molecule has 4 aromatic heterocycles. The first kappa shape index (κ1) is 23.2. The van der Waals surface area contributed by atoms with Gasteiger partial charge >= 0.3 is 0 Å². The molecule has 0 spiro atoms. The van der Waals surface area contributed by atoms with Crippen molar-refractivity contribution >= 4 is 16.9 Å². The minimum absolute atomic E-state index is 0.111. The Morgan fingerprint density at radius 2 is 2.03 bits per heavy atom. The van der Waals surface area contributed by atoms with Gasteiger partial charge in [0.15, 0.2) is 5.65 Å². The molecule has 0 aromatic carbocycles. The number of fused-ring (bicyclic) bond motifs is 1. The van der Waals surface area contributed by atoms with Gasteiger partial charge in [-0.1, -0.05) is 13.8 Å². The molecule has 1 aliphatic rings. The van der Waals surface area contributed by atoms with Crippen molar-refractivity contribution in [1.82, 2.24) is 30.0 Å². The Balaban J connectivity index is 1.35. The van der Waals surface area contributed by atoms with Gasteiger partial charge in [0.25, 0.3) is 5.91 Å². The van der Waals surface area contributed by atoms with E-state index in [9.17, 15) is 4.79 Å². The minimum atomic E-state index is -0.111. The van der Waals surface area contributed by atoms with E-state index in [-0.39, 0.29) is 5.91 Å². The van der Waals surface area contributed by atoms with Crippen LogP contribution in [0.15, 0.2) is 59.6 Å². The summed E-state index contributed by atoms with van der Waals surface area (Å²) in [6.45, 7) is 9.01. The van der Waals surface area contributed by atoms with E-state index in [0.717, 1.165) is 54.6 Å². The van der Waals surface area contributed by atoms with Crippen molar-refractivity contribution in [2.24, 2.45) is 11.8 Å².